The van der Waals surface area contributed by atoms with Crippen LogP contribution in [0.3, 0.4) is 0 Å². The van der Waals surface area contributed by atoms with Crippen molar-refractivity contribution in [3.8, 4) is 5.75 Å². The number of aromatic nitrogens is 2. The summed E-state index contributed by atoms with van der Waals surface area (Å²) < 4.78 is 20.5. The quantitative estimate of drug-likeness (QED) is 0.387. The minimum atomic E-state index is -0.360. The zero-order valence-corrected chi connectivity index (χ0v) is 17.5. The lowest BCUT2D eigenvalue weighted by Crippen LogP contribution is -2.34. The molecule has 4 rings (SSSR count). The molecule has 0 unspecified atom stereocenters. The second kappa shape index (κ2) is 8.67. The highest BCUT2D eigenvalue weighted by molar-refractivity contribution is 9.10. The molecule has 0 aliphatic carbocycles. The van der Waals surface area contributed by atoms with Crippen LogP contribution in [-0.2, 0) is 11.3 Å². The van der Waals surface area contributed by atoms with Gasteiger partial charge >= 0.3 is 0 Å². The fraction of sp³-hybridized carbons (Fsp3) is 0.0952. The predicted molar refractivity (Wildman–Crippen MR) is 115 cm³/mol. The Hall–Kier alpha value is -2.84. The van der Waals surface area contributed by atoms with E-state index in [2.05, 4.69) is 25.9 Å². The number of carbonyl (C=O) groups excluding carboxylic acids is 1. The van der Waals surface area contributed by atoms with Gasteiger partial charge in [-0.05, 0) is 54.6 Å². The van der Waals surface area contributed by atoms with E-state index in [0.717, 1.165) is 20.4 Å². The molecule has 0 N–H and O–H groups in total. The monoisotopic (exact) mass is 471 g/mol. The van der Waals surface area contributed by atoms with Crippen LogP contribution >= 0.6 is 27.3 Å². The summed E-state index contributed by atoms with van der Waals surface area (Å²) in [5.41, 5.74) is 1.55. The van der Waals surface area contributed by atoms with Crippen LogP contribution in [0.2, 0.25) is 0 Å². The smallest absolute Gasteiger partial charge is 0.267 e. The first-order valence-electron chi connectivity index (χ1n) is 8.73. The van der Waals surface area contributed by atoms with Crippen LogP contribution in [0, 0.1) is 5.82 Å². The van der Waals surface area contributed by atoms with Crippen molar-refractivity contribution in [2.45, 2.75) is 6.54 Å². The molecule has 0 aliphatic rings. The first-order chi connectivity index (χ1) is 14.1. The number of halogens is 2. The van der Waals surface area contributed by atoms with Gasteiger partial charge in [0.15, 0.2) is 11.7 Å². The molecule has 2 aromatic heterocycles. The van der Waals surface area contributed by atoms with Crippen molar-refractivity contribution >= 4 is 48.5 Å². The van der Waals surface area contributed by atoms with Crippen LogP contribution in [0.4, 0.5) is 9.52 Å². The average molecular weight is 472 g/mol. The molecule has 0 atom stereocenters. The first-order valence-corrected chi connectivity index (χ1v) is 10.3. The molecule has 0 radical (unpaired) electrons. The summed E-state index contributed by atoms with van der Waals surface area (Å²) in [5.74, 6) is -0.204. The number of hydrogen-bond donors (Lipinski definition) is 0. The van der Waals surface area contributed by atoms with Crippen molar-refractivity contribution in [1.29, 1.82) is 0 Å². The highest BCUT2D eigenvalue weighted by atomic mass is 79.9. The Balaban J connectivity index is 1.59. The van der Waals surface area contributed by atoms with Gasteiger partial charge in [-0.15, -0.1) is 0 Å². The lowest BCUT2D eigenvalue weighted by Gasteiger charge is -2.19. The Kier molecular flexibility index (Phi) is 5.82. The van der Waals surface area contributed by atoms with Crippen molar-refractivity contribution in [2.24, 2.45) is 0 Å². The molecule has 8 heteroatoms. The molecule has 5 nitrogen and oxygen atoms in total. The summed E-state index contributed by atoms with van der Waals surface area (Å²) in [5, 5.41) is 0.566. The average Bonchev–Trinajstić information content (AvgIpc) is 3.15. The van der Waals surface area contributed by atoms with Gasteiger partial charge in [0.05, 0.1) is 22.5 Å². The topological polar surface area (TPSA) is 55.3 Å². The molecular formula is C21H15BrFN3O2S. The summed E-state index contributed by atoms with van der Waals surface area (Å²) in [6.07, 6.45) is 1.68. The number of benzene rings is 2. The maximum absolute atomic E-state index is 13.1. The zero-order chi connectivity index (χ0) is 20.2. The molecule has 2 heterocycles. The number of pyridine rings is 1. The number of nitrogens with zero attached hydrogens (tertiary/aromatic N) is 3. The minimum Gasteiger partial charge on any atom is -0.484 e. The standard InChI is InChI=1S/C21H15BrFN3O2S/c22-14-4-9-18-19(11-14)29-21(25-18)26(12-16-3-1-2-10-24-16)20(27)13-28-17-7-5-15(23)6-8-17/h1-11H,12-13H2. The normalized spacial score (nSPS) is 10.8. The van der Waals surface area contributed by atoms with Crippen LogP contribution in [-0.4, -0.2) is 22.5 Å². The lowest BCUT2D eigenvalue weighted by molar-refractivity contribution is -0.120. The Labute approximate surface area is 178 Å². The third-order valence-corrected chi connectivity index (χ3v) is 5.63. The van der Waals surface area contributed by atoms with Gasteiger partial charge in [-0.2, -0.15) is 0 Å². The van der Waals surface area contributed by atoms with Crippen LogP contribution in [0.25, 0.3) is 10.2 Å². The Bertz CT molecular complexity index is 1140. The maximum atomic E-state index is 13.1. The Morgan fingerprint density at radius 3 is 2.72 bits per heavy atom. The summed E-state index contributed by atoms with van der Waals surface area (Å²) >= 11 is 4.88. The van der Waals surface area contributed by atoms with Crippen LogP contribution in [0.1, 0.15) is 5.69 Å². The van der Waals surface area contributed by atoms with Gasteiger partial charge in [0.25, 0.3) is 5.91 Å². The zero-order valence-electron chi connectivity index (χ0n) is 15.1. The summed E-state index contributed by atoms with van der Waals surface area (Å²) in [4.78, 5) is 23.5. The summed E-state index contributed by atoms with van der Waals surface area (Å²) in [6.45, 7) is 0.0749. The molecule has 0 spiro atoms. The molecule has 0 bridgehead atoms. The van der Waals surface area contributed by atoms with Gasteiger partial charge in [-0.25, -0.2) is 9.37 Å². The third-order valence-electron chi connectivity index (χ3n) is 4.09. The maximum Gasteiger partial charge on any atom is 0.267 e. The second-order valence-electron chi connectivity index (χ2n) is 6.15. The van der Waals surface area contributed by atoms with E-state index in [1.807, 2.05) is 36.4 Å². The second-order valence-corrected chi connectivity index (χ2v) is 8.08. The molecule has 0 saturated heterocycles. The molecular weight excluding hydrogens is 457 g/mol. The van der Waals surface area contributed by atoms with Gasteiger partial charge in [-0.3, -0.25) is 14.7 Å². The fourth-order valence-electron chi connectivity index (χ4n) is 2.67. The molecule has 29 heavy (non-hydrogen) atoms. The van der Waals surface area contributed by atoms with E-state index in [0.29, 0.717) is 10.9 Å². The lowest BCUT2D eigenvalue weighted by atomic mass is 10.3. The van der Waals surface area contributed by atoms with Crippen LogP contribution < -0.4 is 9.64 Å². The highest BCUT2D eigenvalue weighted by Crippen LogP contribution is 2.31. The van der Waals surface area contributed by atoms with E-state index in [4.69, 9.17) is 4.74 Å². The Morgan fingerprint density at radius 1 is 1.14 bits per heavy atom. The number of thiazole rings is 1. The number of fused-ring (bicyclic) bond motifs is 1. The van der Waals surface area contributed by atoms with E-state index in [9.17, 15) is 9.18 Å². The van der Waals surface area contributed by atoms with E-state index in [-0.39, 0.29) is 24.9 Å². The van der Waals surface area contributed by atoms with Gasteiger partial charge in [0.1, 0.15) is 11.6 Å². The number of rotatable bonds is 6. The first kappa shape index (κ1) is 19.5. The number of carbonyl (C=O) groups is 1. The van der Waals surface area contributed by atoms with Crippen LogP contribution in [0.15, 0.2) is 71.3 Å². The number of amides is 1. The van der Waals surface area contributed by atoms with Crippen LogP contribution in [0.5, 0.6) is 5.75 Å². The van der Waals surface area contributed by atoms with E-state index >= 15 is 0 Å². The largest absolute Gasteiger partial charge is 0.484 e. The number of ether oxygens (including phenoxy) is 1. The number of anilines is 1. The fourth-order valence-corrected chi connectivity index (χ4v) is 4.21. The van der Waals surface area contributed by atoms with E-state index in [1.165, 1.54) is 35.6 Å². The van der Waals surface area contributed by atoms with Gasteiger partial charge in [0.2, 0.25) is 0 Å². The summed E-state index contributed by atoms with van der Waals surface area (Å²) in [6, 6.07) is 16.9. The minimum absolute atomic E-state index is 0.196. The molecule has 146 valence electrons. The van der Waals surface area contributed by atoms with E-state index < -0.39 is 0 Å². The van der Waals surface area contributed by atoms with Gasteiger partial charge in [-0.1, -0.05) is 33.3 Å². The van der Waals surface area contributed by atoms with Crippen molar-refractivity contribution in [3.05, 3.63) is 82.8 Å². The molecule has 1 amide bonds. The van der Waals surface area contributed by atoms with Crippen molar-refractivity contribution < 1.29 is 13.9 Å². The van der Waals surface area contributed by atoms with E-state index in [1.54, 1.807) is 11.1 Å². The Morgan fingerprint density at radius 2 is 1.97 bits per heavy atom. The molecule has 0 aliphatic heterocycles. The molecule has 0 fully saturated rings. The number of hydrogen-bond acceptors (Lipinski definition) is 5. The van der Waals surface area contributed by atoms with Crippen molar-refractivity contribution in [2.75, 3.05) is 11.5 Å². The van der Waals surface area contributed by atoms with Gasteiger partial charge < -0.3 is 4.74 Å². The molecule has 2 aromatic carbocycles. The molecule has 4 aromatic rings. The highest BCUT2D eigenvalue weighted by Gasteiger charge is 2.21. The van der Waals surface area contributed by atoms with Crippen molar-refractivity contribution in [3.63, 3.8) is 0 Å². The third kappa shape index (κ3) is 4.78. The van der Waals surface area contributed by atoms with Crippen molar-refractivity contribution in [1.82, 2.24) is 9.97 Å². The van der Waals surface area contributed by atoms with Gasteiger partial charge in [0, 0.05) is 10.7 Å². The predicted octanol–water partition coefficient (Wildman–Crippen LogP) is 5.21. The summed E-state index contributed by atoms with van der Waals surface area (Å²) in [7, 11) is 0. The SMILES string of the molecule is O=C(COc1ccc(F)cc1)N(Cc1ccccn1)c1nc2ccc(Br)cc2s1. The molecule has 0 saturated carbocycles.